The molecule has 1 aromatic carbocycles. The summed E-state index contributed by atoms with van der Waals surface area (Å²) in [6.45, 7) is 8.36. The zero-order chi connectivity index (χ0) is 12.5. The van der Waals surface area contributed by atoms with Crippen molar-refractivity contribution in [1.82, 2.24) is 0 Å². The van der Waals surface area contributed by atoms with Crippen molar-refractivity contribution in [2.45, 2.75) is 33.1 Å². The summed E-state index contributed by atoms with van der Waals surface area (Å²) in [5.74, 6) is 1.69. The molecule has 2 aliphatic heterocycles. The van der Waals surface area contributed by atoms with Crippen molar-refractivity contribution in [1.29, 1.82) is 0 Å². The predicted molar refractivity (Wildman–Crippen MR) is 78.4 cm³/mol. The van der Waals surface area contributed by atoms with Gasteiger partial charge in [-0.05, 0) is 48.8 Å². The molecular weight excluding hydrogens is 220 g/mol. The molecule has 0 aliphatic carbocycles. The highest BCUT2D eigenvalue weighted by Crippen LogP contribution is 2.34. The van der Waals surface area contributed by atoms with Crippen LogP contribution < -0.4 is 10.2 Å². The average molecular weight is 244 g/mol. The number of anilines is 2. The molecule has 2 aliphatic rings. The topological polar surface area (TPSA) is 15.3 Å². The molecule has 0 spiro atoms. The second-order valence-electron chi connectivity index (χ2n) is 6.02. The van der Waals surface area contributed by atoms with Crippen molar-refractivity contribution < 1.29 is 0 Å². The van der Waals surface area contributed by atoms with Crippen LogP contribution in [0.25, 0.3) is 0 Å². The molecule has 3 rings (SSSR count). The molecule has 0 radical (unpaired) electrons. The molecule has 2 unspecified atom stereocenters. The second-order valence-corrected chi connectivity index (χ2v) is 6.02. The van der Waals surface area contributed by atoms with Gasteiger partial charge in [-0.15, -0.1) is 0 Å². The first-order valence-electron chi connectivity index (χ1n) is 7.36. The smallest absolute Gasteiger partial charge is 0.0419 e. The molecule has 2 nitrogen and oxygen atoms in total. The summed E-state index contributed by atoms with van der Waals surface area (Å²) in [6, 6.07) is 6.75. The van der Waals surface area contributed by atoms with Crippen LogP contribution in [-0.4, -0.2) is 19.6 Å². The van der Waals surface area contributed by atoms with Crippen LogP contribution in [0.1, 0.15) is 32.3 Å². The Labute approximate surface area is 110 Å². The molecule has 2 heteroatoms. The van der Waals surface area contributed by atoms with Gasteiger partial charge in [0, 0.05) is 31.0 Å². The Kier molecular flexibility index (Phi) is 3.19. The van der Waals surface area contributed by atoms with E-state index in [0.29, 0.717) is 0 Å². The minimum atomic E-state index is 0.811. The standard InChI is InChI=1S/C16H24N2/c1-12-8-10-18(11-13(12)2)16-7-3-6-15-14(16)5-4-9-17-15/h3,6-7,12-13,17H,4-5,8-11H2,1-2H3. The third kappa shape index (κ3) is 2.09. The largest absolute Gasteiger partial charge is 0.385 e. The maximum Gasteiger partial charge on any atom is 0.0419 e. The van der Waals surface area contributed by atoms with Gasteiger partial charge in [0.2, 0.25) is 0 Å². The fourth-order valence-electron chi connectivity index (χ4n) is 3.27. The molecule has 98 valence electrons. The molecule has 0 aromatic heterocycles. The van der Waals surface area contributed by atoms with Gasteiger partial charge in [-0.3, -0.25) is 0 Å². The van der Waals surface area contributed by atoms with Gasteiger partial charge in [-0.25, -0.2) is 0 Å². The third-order valence-corrected chi connectivity index (χ3v) is 4.75. The average Bonchev–Trinajstić information content (AvgIpc) is 2.41. The lowest BCUT2D eigenvalue weighted by atomic mass is 9.88. The number of benzene rings is 1. The Morgan fingerprint density at radius 3 is 2.94 bits per heavy atom. The Bertz CT molecular complexity index is 427. The van der Waals surface area contributed by atoms with Gasteiger partial charge in [0.25, 0.3) is 0 Å². The van der Waals surface area contributed by atoms with Gasteiger partial charge in [0.1, 0.15) is 0 Å². The van der Waals surface area contributed by atoms with Gasteiger partial charge < -0.3 is 10.2 Å². The Morgan fingerprint density at radius 1 is 1.22 bits per heavy atom. The second kappa shape index (κ2) is 4.83. The van der Waals surface area contributed by atoms with Crippen LogP contribution in [0, 0.1) is 11.8 Å². The summed E-state index contributed by atoms with van der Waals surface area (Å²) < 4.78 is 0. The van der Waals surface area contributed by atoms with Gasteiger partial charge in [-0.1, -0.05) is 19.9 Å². The van der Waals surface area contributed by atoms with Gasteiger partial charge in [0.05, 0.1) is 0 Å². The van der Waals surface area contributed by atoms with Crippen molar-refractivity contribution in [3.63, 3.8) is 0 Å². The van der Waals surface area contributed by atoms with Gasteiger partial charge >= 0.3 is 0 Å². The Hall–Kier alpha value is -1.18. The zero-order valence-electron chi connectivity index (χ0n) is 11.6. The predicted octanol–water partition coefficient (Wildman–Crippen LogP) is 3.53. The van der Waals surface area contributed by atoms with E-state index in [4.69, 9.17) is 0 Å². The van der Waals surface area contributed by atoms with Crippen LogP contribution in [0.3, 0.4) is 0 Å². The Morgan fingerprint density at radius 2 is 2.11 bits per heavy atom. The lowest BCUT2D eigenvalue weighted by molar-refractivity contribution is 0.323. The van der Waals surface area contributed by atoms with Crippen LogP contribution in [0.2, 0.25) is 0 Å². The lowest BCUT2D eigenvalue weighted by Crippen LogP contribution is -2.39. The highest BCUT2D eigenvalue weighted by molar-refractivity contribution is 5.68. The minimum absolute atomic E-state index is 0.811. The zero-order valence-corrected chi connectivity index (χ0v) is 11.6. The maximum absolute atomic E-state index is 3.54. The Balaban J connectivity index is 1.88. The summed E-state index contributed by atoms with van der Waals surface area (Å²) >= 11 is 0. The van der Waals surface area contributed by atoms with E-state index in [0.717, 1.165) is 18.4 Å². The van der Waals surface area contributed by atoms with E-state index in [-0.39, 0.29) is 0 Å². The highest BCUT2D eigenvalue weighted by atomic mass is 15.1. The van der Waals surface area contributed by atoms with Crippen molar-refractivity contribution in [3.8, 4) is 0 Å². The highest BCUT2D eigenvalue weighted by Gasteiger charge is 2.25. The third-order valence-electron chi connectivity index (χ3n) is 4.75. The number of nitrogens with one attached hydrogen (secondary N) is 1. The molecule has 18 heavy (non-hydrogen) atoms. The van der Waals surface area contributed by atoms with E-state index in [1.165, 1.54) is 43.7 Å². The van der Waals surface area contributed by atoms with Gasteiger partial charge in [0.15, 0.2) is 0 Å². The lowest BCUT2D eigenvalue weighted by Gasteiger charge is -2.38. The molecule has 0 bridgehead atoms. The molecule has 1 N–H and O–H groups in total. The number of fused-ring (bicyclic) bond motifs is 1. The molecule has 0 amide bonds. The van der Waals surface area contributed by atoms with Crippen LogP contribution >= 0.6 is 0 Å². The van der Waals surface area contributed by atoms with Crippen molar-refractivity contribution in [2.75, 3.05) is 29.9 Å². The molecule has 1 aromatic rings. The number of piperidine rings is 1. The fraction of sp³-hybridized carbons (Fsp3) is 0.625. The van der Waals surface area contributed by atoms with Crippen molar-refractivity contribution in [2.24, 2.45) is 11.8 Å². The number of hydrogen-bond acceptors (Lipinski definition) is 2. The summed E-state index contributed by atoms with van der Waals surface area (Å²) in [4.78, 5) is 2.61. The molecular formula is C16H24N2. The first-order valence-corrected chi connectivity index (χ1v) is 7.36. The normalized spacial score (nSPS) is 27.6. The molecule has 2 heterocycles. The first-order chi connectivity index (χ1) is 8.75. The maximum atomic E-state index is 3.54. The molecule has 0 saturated carbocycles. The molecule has 2 atom stereocenters. The fourth-order valence-corrected chi connectivity index (χ4v) is 3.27. The summed E-state index contributed by atoms with van der Waals surface area (Å²) in [7, 11) is 0. The van der Waals surface area contributed by atoms with E-state index in [2.05, 4.69) is 42.3 Å². The van der Waals surface area contributed by atoms with E-state index >= 15 is 0 Å². The molecule has 1 fully saturated rings. The summed E-state index contributed by atoms with van der Waals surface area (Å²) in [5.41, 5.74) is 4.40. The summed E-state index contributed by atoms with van der Waals surface area (Å²) in [6.07, 6.45) is 3.83. The monoisotopic (exact) mass is 244 g/mol. The SMILES string of the molecule is CC1CCN(c2cccc3c2CCCN3)CC1C. The quantitative estimate of drug-likeness (QED) is 0.813. The first kappa shape index (κ1) is 11.9. The van der Waals surface area contributed by atoms with Crippen molar-refractivity contribution >= 4 is 11.4 Å². The van der Waals surface area contributed by atoms with E-state index in [9.17, 15) is 0 Å². The van der Waals surface area contributed by atoms with Crippen LogP contribution in [0.5, 0.6) is 0 Å². The van der Waals surface area contributed by atoms with Crippen LogP contribution in [0.15, 0.2) is 18.2 Å². The van der Waals surface area contributed by atoms with E-state index in [1.54, 1.807) is 5.56 Å². The number of rotatable bonds is 1. The minimum Gasteiger partial charge on any atom is -0.385 e. The van der Waals surface area contributed by atoms with Crippen molar-refractivity contribution in [3.05, 3.63) is 23.8 Å². The van der Waals surface area contributed by atoms with Crippen LogP contribution in [-0.2, 0) is 6.42 Å². The van der Waals surface area contributed by atoms with Crippen LogP contribution in [0.4, 0.5) is 11.4 Å². The van der Waals surface area contributed by atoms with Gasteiger partial charge in [-0.2, -0.15) is 0 Å². The number of hydrogen-bond donors (Lipinski definition) is 1. The molecule has 1 saturated heterocycles. The number of nitrogens with zero attached hydrogens (tertiary/aromatic N) is 1. The summed E-state index contributed by atoms with van der Waals surface area (Å²) in [5, 5.41) is 3.54. The van der Waals surface area contributed by atoms with E-state index < -0.39 is 0 Å². The van der Waals surface area contributed by atoms with E-state index in [1.807, 2.05) is 0 Å².